The van der Waals surface area contributed by atoms with Gasteiger partial charge in [-0.1, -0.05) is 18.2 Å². The van der Waals surface area contributed by atoms with Crippen molar-refractivity contribution in [3.63, 3.8) is 0 Å². The van der Waals surface area contributed by atoms with Crippen LogP contribution in [0, 0.1) is 13.8 Å². The number of aromatic nitrogens is 2. The Balaban J connectivity index is 2.24. The molecule has 2 aromatic heterocycles. The second kappa shape index (κ2) is 5.45. The molecule has 0 fully saturated rings. The summed E-state index contributed by atoms with van der Waals surface area (Å²) in [6, 6.07) is 7.99. The second-order valence-corrected chi connectivity index (χ2v) is 4.24. The van der Waals surface area contributed by atoms with Crippen LogP contribution in [0.5, 0.6) is 0 Å². The van der Waals surface area contributed by atoms with E-state index < -0.39 is 0 Å². The molecule has 0 saturated carbocycles. The molecule has 0 amide bonds. The molecule has 92 valence electrons. The molecule has 0 aliphatic heterocycles. The summed E-state index contributed by atoms with van der Waals surface area (Å²) in [6.07, 6.45) is 5.83. The predicted octanol–water partition coefficient (Wildman–Crippen LogP) is 3.87. The summed E-state index contributed by atoms with van der Waals surface area (Å²) < 4.78 is 0. The fraction of sp³-hybridized carbons (Fsp3) is 0.200. The van der Waals surface area contributed by atoms with Crippen LogP contribution in [0.25, 0.3) is 6.08 Å². The average Bonchev–Trinajstić information content (AvgIpc) is 2.37. The number of rotatable bonds is 3. The van der Waals surface area contributed by atoms with Crippen LogP contribution in [0.1, 0.15) is 23.7 Å². The Morgan fingerprint density at radius 3 is 2.50 bits per heavy atom. The molecule has 0 saturated heterocycles. The van der Waals surface area contributed by atoms with Gasteiger partial charge in [0.05, 0.1) is 5.69 Å². The molecule has 2 heterocycles. The quantitative estimate of drug-likeness (QED) is 0.883. The molecule has 3 nitrogen and oxygen atoms in total. The lowest BCUT2D eigenvalue weighted by atomic mass is 10.2. The summed E-state index contributed by atoms with van der Waals surface area (Å²) in [4.78, 5) is 8.84. The summed E-state index contributed by atoms with van der Waals surface area (Å²) >= 11 is 0. The number of nitrogens with one attached hydrogen (secondary N) is 1. The highest BCUT2D eigenvalue weighted by Gasteiger charge is 2.00. The highest BCUT2D eigenvalue weighted by atomic mass is 15.1. The Kier molecular flexibility index (Phi) is 3.72. The molecule has 2 aromatic rings. The van der Waals surface area contributed by atoms with Gasteiger partial charge in [-0.2, -0.15) is 0 Å². The number of aryl methyl sites for hydroxylation is 2. The van der Waals surface area contributed by atoms with Crippen molar-refractivity contribution in [1.29, 1.82) is 0 Å². The normalized spacial score (nSPS) is 10.8. The molecule has 0 radical (unpaired) electrons. The fourth-order valence-electron chi connectivity index (χ4n) is 1.61. The van der Waals surface area contributed by atoms with Crippen molar-refractivity contribution in [2.24, 2.45) is 0 Å². The molecule has 0 spiro atoms. The Labute approximate surface area is 108 Å². The maximum absolute atomic E-state index is 4.54. The van der Waals surface area contributed by atoms with Crippen LogP contribution in [-0.2, 0) is 0 Å². The van der Waals surface area contributed by atoms with E-state index in [1.54, 1.807) is 0 Å². The maximum atomic E-state index is 4.54. The van der Waals surface area contributed by atoms with Crippen molar-refractivity contribution >= 4 is 17.7 Å². The van der Waals surface area contributed by atoms with Gasteiger partial charge in [0, 0.05) is 6.20 Å². The number of nitrogens with zero attached hydrogens (tertiary/aromatic N) is 2. The van der Waals surface area contributed by atoms with E-state index in [2.05, 4.69) is 28.3 Å². The molecule has 1 N–H and O–H groups in total. The minimum absolute atomic E-state index is 0.809. The van der Waals surface area contributed by atoms with Gasteiger partial charge < -0.3 is 5.32 Å². The molecule has 2 rings (SSSR count). The van der Waals surface area contributed by atoms with Crippen molar-refractivity contribution in [2.75, 3.05) is 5.32 Å². The zero-order chi connectivity index (χ0) is 13.0. The van der Waals surface area contributed by atoms with Crippen LogP contribution in [0.15, 0.2) is 36.5 Å². The molecule has 18 heavy (non-hydrogen) atoms. The lowest BCUT2D eigenvalue weighted by Crippen LogP contribution is -1.98. The number of anilines is 2. The highest BCUT2D eigenvalue weighted by molar-refractivity contribution is 5.57. The van der Waals surface area contributed by atoms with Gasteiger partial charge in [0.1, 0.15) is 11.6 Å². The van der Waals surface area contributed by atoms with Crippen molar-refractivity contribution in [3.05, 3.63) is 53.4 Å². The lowest BCUT2D eigenvalue weighted by molar-refractivity contribution is 1.20. The minimum Gasteiger partial charge on any atom is -0.325 e. The molecule has 0 unspecified atom stereocenters. The van der Waals surface area contributed by atoms with E-state index in [4.69, 9.17) is 0 Å². The Morgan fingerprint density at radius 2 is 1.83 bits per heavy atom. The number of hydrogen-bond donors (Lipinski definition) is 1. The lowest BCUT2D eigenvalue weighted by Gasteiger charge is -2.07. The van der Waals surface area contributed by atoms with E-state index >= 15 is 0 Å². The van der Waals surface area contributed by atoms with Gasteiger partial charge in [-0.15, -0.1) is 0 Å². The van der Waals surface area contributed by atoms with Crippen LogP contribution in [0.3, 0.4) is 0 Å². The zero-order valence-corrected chi connectivity index (χ0v) is 10.9. The van der Waals surface area contributed by atoms with Crippen molar-refractivity contribution in [1.82, 2.24) is 9.97 Å². The first-order chi connectivity index (χ1) is 8.69. The number of hydrogen-bond acceptors (Lipinski definition) is 3. The van der Waals surface area contributed by atoms with Crippen molar-refractivity contribution in [2.45, 2.75) is 20.8 Å². The SMILES string of the molecule is C/C=C\c1nc(Nc2ccc(C)cn2)ccc1C. The van der Waals surface area contributed by atoms with E-state index in [1.165, 1.54) is 0 Å². The largest absolute Gasteiger partial charge is 0.325 e. The third-order valence-electron chi connectivity index (χ3n) is 2.63. The van der Waals surface area contributed by atoms with Gasteiger partial charge in [-0.05, 0) is 50.1 Å². The summed E-state index contributed by atoms with van der Waals surface area (Å²) in [5, 5.41) is 3.20. The van der Waals surface area contributed by atoms with Gasteiger partial charge in [-0.3, -0.25) is 0 Å². The predicted molar refractivity (Wildman–Crippen MR) is 75.9 cm³/mol. The fourth-order valence-corrected chi connectivity index (χ4v) is 1.61. The van der Waals surface area contributed by atoms with Crippen LogP contribution in [-0.4, -0.2) is 9.97 Å². The molecular weight excluding hydrogens is 222 g/mol. The van der Waals surface area contributed by atoms with Crippen molar-refractivity contribution < 1.29 is 0 Å². The highest BCUT2D eigenvalue weighted by Crippen LogP contribution is 2.16. The van der Waals surface area contributed by atoms with Gasteiger partial charge in [-0.25, -0.2) is 9.97 Å². The molecule has 0 atom stereocenters. The van der Waals surface area contributed by atoms with Gasteiger partial charge in [0.15, 0.2) is 0 Å². The number of allylic oxidation sites excluding steroid dienone is 1. The van der Waals surface area contributed by atoms with E-state index in [1.807, 2.05) is 50.4 Å². The molecular formula is C15H17N3. The second-order valence-electron chi connectivity index (χ2n) is 4.24. The third kappa shape index (κ3) is 2.94. The van der Waals surface area contributed by atoms with E-state index in [0.29, 0.717) is 0 Å². The van der Waals surface area contributed by atoms with Crippen LogP contribution in [0.2, 0.25) is 0 Å². The Bertz CT molecular complexity index is 556. The summed E-state index contributed by atoms with van der Waals surface area (Å²) in [5.41, 5.74) is 3.29. The van der Waals surface area contributed by atoms with Crippen molar-refractivity contribution in [3.8, 4) is 0 Å². The molecule has 0 bridgehead atoms. The third-order valence-corrected chi connectivity index (χ3v) is 2.63. The van der Waals surface area contributed by atoms with E-state index in [-0.39, 0.29) is 0 Å². The average molecular weight is 239 g/mol. The van der Waals surface area contributed by atoms with Gasteiger partial charge >= 0.3 is 0 Å². The topological polar surface area (TPSA) is 37.8 Å². The first kappa shape index (κ1) is 12.3. The maximum Gasteiger partial charge on any atom is 0.132 e. The van der Waals surface area contributed by atoms with Gasteiger partial charge in [0.2, 0.25) is 0 Å². The summed E-state index contributed by atoms with van der Waals surface area (Å²) in [7, 11) is 0. The van der Waals surface area contributed by atoms with E-state index in [9.17, 15) is 0 Å². The number of pyridine rings is 2. The molecule has 0 aliphatic carbocycles. The monoisotopic (exact) mass is 239 g/mol. The molecule has 0 aromatic carbocycles. The first-order valence-corrected chi connectivity index (χ1v) is 5.99. The molecule has 0 aliphatic rings. The standard InChI is InChI=1S/C15H17N3/c1-4-5-13-12(3)7-9-15(17-13)18-14-8-6-11(2)10-16-14/h4-10H,1-3H3,(H,16,17,18)/b5-4-. The molecule has 3 heteroatoms. The summed E-state index contributed by atoms with van der Waals surface area (Å²) in [6.45, 7) is 6.06. The summed E-state index contributed by atoms with van der Waals surface area (Å²) in [5.74, 6) is 1.62. The van der Waals surface area contributed by atoms with Crippen LogP contribution < -0.4 is 5.32 Å². The Hall–Kier alpha value is -2.16. The van der Waals surface area contributed by atoms with Crippen LogP contribution >= 0.6 is 0 Å². The van der Waals surface area contributed by atoms with Crippen LogP contribution in [0.4, 0.5) is 11.6 Å². The van der Waals surface area contributed by atoms with Gasteiger partial charge in [0.25, 0.3) is 0 Å². The zero-order valence-electron chi connectivity index (χ0n) is 10.9. The first-order valence-electron chi connectivity index (χ1n) is 5.99. The minimum atomic E-state index is 0.809. The smallest absolute Gasteiger partial charge is 0.132 e. The Morgan fingerprint density at radius 1 is 1.06 bits per heavy atom. The van der Waals surface area contributed by atoms with E-state index in [0.717, 1.165) is 28.5 Å².